The Bertz CT molecular complexity index is 622. The minimum Gasteiger partial charge on any atom is -0.361 e. The molecule has 4 nitrogen and oxygen atoms in total. The van der Waals surface area contributed by atoms with Gasteiger partial charge in [-0.3, -0.25) is 0 Å². The Morgan fingerprint density at radius 1 is 1.38 bits per heavy atom. The highest BCUT2D eigenvalue weighted by Crippen LogP contribution is 2.30. The van der Waals surface area contributed by atoms with Crippen LogP contribution in [0.15, 0.2) is 35.1 Å². The molecule has 2 N–H and O–H groups in total. The van der Waals surface area contributed by atoms with Crippen molar-refractivity contribution in [2.75, 3.05) is 11.4 Å². The van der Waals surface area contributed by atoms with E-state index in [4.69, 9.17) is 5.73 Å². The molecule has 112 valence electrons. The molecule has 1 atom stereocenters. The fourth-order valence-electron chi connectivity index (χ4n) is 2.76. The third kappa shape index (κ3) is 3.14. The van der Waals surface area contributed by atoms with Crippen LogP contribution in [-0.2, 0) is 19.5 Å². The van der Waals surface area contributed by atoms with E-state index in [0.29, 0.717) is 0 Å². The summed E-state index contributed by atoms with van der Waals surface area (Å²) in [6, 6.07) is 6.83. The fraction of sp³-hybridized carbons (Fsp3) is 0.438. The van der Waals surface area contributed by atoms with Crippen LogP contribution >= 0.6 is 15.9 Å². The van der Waals surface area contributed by atoms with Gasteiger partial charge in [-0.15, -0.1) is 0 Å². The highest BCUT2D eigenvalue weighted by atomic mass is 79.9. The van der Waals surface area contributed by atoms with Crippen LogP contribution in [0.3, 0.4) is 0 Å². The molecule has 1 aromatic heterocycles. The van der Waals surface area contributed by atoms with Crippen LogP contribution < -0.4 is 10.6 Å². The van der Waals surface area contributed by atoms with Crippen LogP contribution in [0.1, 0.15) is 24.7 Å². The molecule has 0 spiro atoms. The number of anilines is 1. The van der Waals surface area contributed by atoms with Crippen LogP contribution in [0.5, 0.6) is 0 Å². The fourth-order valence-corrected chi connectivity index (χ4v) is 3.44. The summed E-state index contributed by atoms with van der Waals surface area (Å²) in [5.41, 5.74) is 8.57. The Hall–Kier alpha value is -1.33. The van der Waals surface area contributed by atoms with Crippen molar-refractivity contribution in [3.63, 3.8) is 0 Å². The minimum atomic E-state index is 0.241. The van der Waals surface area contributed by atoms with Gasteiger partial charge in [0.05, 0.1) is 12.2 Å². The lowest BCUT2D eigenvalue weighted by Gasteiger charge is -2.30. The van der Waals surface area contributed by atoms with Gasteiger partial charge in [-0.1, -0.05) is 13.0 Å². The largest absolute Gasteiger partial charge is 0.361 e. The molecule has 5 heteroatoms. The monoisotopic (exact) mass is 348 g/mol. The van der Waals surface area contributed by atoms with Gasteiger partial charge in [0.2, 0.25) is 0 Å². The van der Waals surface area contributed by atoms with Gasteiger partial charge < -0.3 is 15.2 Å². The van der Waals surface area contributed by atoms with E-state index in [1.807, 2.05) is 6.20 Å². The van der Waals surface area contributed by atoms with E-state index < -0.39 is 0 Å². The highest BCUT2D eigenvalue weighted by molar-refractivity contribution is 9.10. The lowest BCUT2D eigenvalue weighted by molar-refractivity contribution is 0.559. The summed E-state index contributed by atoms with van der Waals surface area (Å²) < 4.78 is 3.36. The zero-order valence-corrected chi connectivity index (χ0v) is 13.9. The van der Waals surface area contributed by atoms with Gasteiger partial charge in [0.15, 0.2) is 0 Å². The summed E-state index contributed by atoms with van der Waals surface area (Å²) in [5.74, 6) is 1.13. The molecule has 0 fully saturated rings. The standard InChI is InChI=1S/C16H21BrN4/c1-2-13(18)9-12-3-4-15(14(17)10-12)21-8-7-20-6-5-19-16(20)11-21/h3-6,10,13H,2,7-9,11,18H2,1H3. The quantitative estimate of drug-likeness (QED) is 0.923. The molecular formula is C16H21BrN4. The second kappa shape index (κ2) is 6.20. The van der Waals surface area contributed by atoms with Crippen LogP contribution in [0.4, 0.5) is 5.69 Å². The average Bonchev–Trinajstić information content (AvgIpc) is 2.94. The molecule has 2 heterocycles. The number of rotatable bonds is 4. The topological polar surface area (TPSA) is 47.1 Å². The van der Waals surface area contributed by atoms with Gasteiger partial charge >= 0.3 is 0 Å². The molecule has 0 radical (unpaired) electrons. The summed E-state index contributed by atoms with van der Waals surface area (Å²) >= 11 is 3.72. The molecule has 0 bridgehead atoms. The van der Waals surface area contributed by atoms with Gasteiger partial charge in [-0.25, -0.2) is 4.98 Å². The zero-order chi connectivity index (χ0) is 14.8. The van der Waals surface area contributed by atoms with Crippen molar-refractivity contribution >= 4 is 21.6 Å². The molecule has 21 heavy (non-hydrogen) atoms. The maximum atomic E-state index is 6.04. The zero-order valence-electron chi connectivity index (χ0n) is 12.3. The first-order chi connectivity index (χ1) is 10.2. The Balaban J connectivity index is 1.77. The van der Waals surface area contributed by atoms with E-state index in [2.05, 4.69) is 61.7 Å². The van der Waals surface area contributed by atoms with Crippen molar-refractivity contribution in [1.82, 2.24) is 9.55 Å². The number of fused-ring (bicyclic) bond motifs is 1. The molecule has 1 aromatic carbocycles. The molecule has 0 saturated carbocycles. The summed E-state index contributed by atoms with van der Waals surface area (Å²) in [4.78, 5) is 6.79. The van der Waals surface area contributed by atoms with Crippen LogP contribution in [0.25, 0.3) is 0 Å². The average molecular weight is 349 g/mol. The molecule has 1 unspecified atom stereocenters. The van der Waals surface area contributed by atoms with Gasteiger partial charge in [-0.2, -0.15) is 0 Å². The van der Waals surface area contributed by atoms with Crippen LogP contribution in [0.2, 0.25) is 0 Å². The normalized spacial score (nSPS) is 15.9. The van der Waals surface area contributed by atoms with E-state index in [0.717, 1.165) is 42.8 Å². The number of aromatic nitrogens is 2. The lowest BCUT2D eigenvalue weighted by atomic mass is 10.0. The third-order valence-corrected chi connectivity index (χ3v) is 4.76. The minimum absolute atomic E-state index is 0.241. The predicted molar refractivity (Wildman–Crippen MR) is 89.4 cm³/mol. The van der Waals surface area contributed by atoms with E-state index >= 15 is 0 Å². The van der Waals surface area contributed by atoms with Crippen molar-refractivity contribution in [1.29, 1.82) is 0 Å². The lowest BCUT2D eigenvalue weighted by Crippen LogP contribution is -2.33. The second-order valence-electron chi connectivity index (χ2n) is 5.62. The van der Waals surface area contributed by atoms with Crippen LogP contribution in [-0.4, -0.2) is 22.1 Å². The van der Waals surface area contributed by atoms with Crippen molar-refractivity contribution in [3.05, 3.63) is 46.5 Å². The van der Waals surface area contributed by atoms with Gasteiger partial charge in [-0.05, 0) is 46.5 Å². The number of halogens is 1. The molecule has 0 saturated heterocycles. The Morgan fingerprint density at radius 3 is 3.00 bits per heavy atom. The first-order valence-corrected chi connectivity index (χ1v) is 8.25. The van der Waals surface area contributed by atoms with Crippen molar-refractivity contribution in [2.45, 2.75) is 38.9 Å². The van der Waals surface area contributed by atoms with Gasteiger partial charge in [0.1, 0.15) is 5.82 Å². The first kappa shape index (κ1) is 14.6. The highest BCUT2D eigenvalue weighted by Gasteiger charge is 2.18. The molecule has 3 rings (SSSR count). The SMILES string of the molecule is CCC(N)Cc1ccc(N2CCn3ccnc3C2)c(Br)c1. The smallest absolute Gasteiger partial charge is 0.128 e. The van der Waals surface area contributed by atoms with E-state index in [9.17, 15) is 0 Å². The summed E-state index contributed by atoms with van der Waals surface area (Å²) in [5, 5.41) is 0. The second-order valence-corrected chi connectivity index (χ2v) is 6.47. The maximum absolute atomic E-state index is 6.04. The number of hydrogen-bond acceptors (Lipinski definition) is 3. The van der Waals surface area contributed by atoms with E-state index in [1.54, 1.807) is 0 Å². The Labute approximate surface area is 134 Å². The maximum Gasteiger partial charge on any atom is 0.128 e. The Morgan fingerprint density at radius 2 is 2.24 bits per heavy atom. The third-order valence-electron chi connectivity index (χ3n) is 4.12. The van der Waals surface area contributed by atoms with E-state index in [1.165, 1.54) is 11.3 Å². The number of benzene rings is 1. The number of nitrogens with zero attached hydrogens (tertiary/aromatic N) is 3. The summed E-state index contributed by atoms with van der Waals surface area (Å²) in [6.45, 7) is 4.99. The van der Waals surface area contributed by atoms with Crippen molar-refractivity contribution < 1.29 is 0 Å². The predicted octanol–water partition coefficient (Wildman–Crippen LogP) is 2.95. The van der Waals surface area contributed by atoms with Gasteiger partial charge in [0, 0.05) is 36.0 Å². The molecule has 0 amide bonds. The van der Waals surface area contributed by atoms with Crippen molar-refractivity contribution in [2.24, 2.45) is 5.73 Å². The number of hydrogen-bond donors (Lipinski definition) is 1. The Kier molecular flexibility index (Phi) is 4.31. The molecule has 1 aliphatic rings. The number of imidazole rings is 1. The summed E-state index contributed by atoms with van der Waals surface area (Å²) in [6.07, 6.45) is 5.87. The number of nitrogens with two attached hydrogens (primary N) is 1. The van der Waals surface area contributed by atoms with E-state index in [-0.39, 0.29) is 6.04 Å². The summed E-state index contributed by atoms with van der Waals surface area (Å²) in [7, 11) is 0. The molecule has 2 aromatic rings. The van der Waals surface area contributed by atoms with Crippen LogP contribution in [0, 0.1) is 0 Å². The van der Waals surface area contributed by atoms with Crippen molar-refractivity contribution in [3.8, 4) is 0 Å². The molecular weight excluding hydrogens is 328 g/mol. The molecule has 1 aliphatic heterocycles. The van der Waals surface area contributed by atoms with Gasteiger partial charge in [0.25, 0.3) is 0 Å². The molecule has 0 aliphatic carbocycles. The first-order valence-electron chi connectivity index (χ1n) is 7.46.